The topological polar surface area (TPSA) is 44.8 Å². The van der Waals surface area contributed by atoms with E-state index in [1.165, 1.54) is 0 Å². The first-order valence-corrected chi connectivity index (χ1v) is 13.8. The number of benzene rings is 3. The normalized spacial score (nSPS) is 14.0. The number of rotatable bonds is 10. The molecule has 0 amide bonds. The van der Waals surface area contributed by atoms with Gasteiger partial charge >= 0.3 is 7.60 Å². The van der Waals surface area contributed by atoms with Crippen LogP contribution in [0.4, 0.5) is 0 Å². The van der Waals surface area contributed by atoms with Crippen molar-refractivity contribution in [1.82, 2.24) is 0 Å². The van der Waals surface area contributed by atoms with Crippen LogP contribution in [0.3, 0.4) is 0 Å². The third-order valence-electron chi connectivity index (χ3n) is 5.96. The fraction of sp³-hybridized carbons (Fsp3) is 0.310. The zero-order valence-electron chi connectivity index (χ0n) is 20.3. The second kappa shape index (κ2) is 10.6. The molecule has 0 saturated carbocycles. The van der Waals surface area contributed by atoms with Gasteiger partial charge in [-0.2, -0.15) is 0 Å². The summed E-state index contributed by atoms with van der Waals surface area (Å²) in [5.74, 6) is 1.84. The van der Waals surface area contributed by atoms with Crippen molar-refractivity contribution in [3.63, 3.8) is 0 Å². The molecule has 34 heavy (non-hydrogen) atoms. The minimum Gasteiger partial charge on any atom is -0.457 e. The molecule has 4 nitrogen and oxygen atoms in total. The van der Waals surface area contributed by atoms with Crippen molar-refractivity contribution in [2.75, 3.05) is 6.61 Å². The van der Waals surface area contributed by atoms with Crippen molar-refractivity contribution in [2.45, 2.75) is 52.6 Å². The number of aryl methyl sites for hydroxylation is 2. The Balaban J connectivity index is 1.81. The first-order chi connectivity index (χ1) is 16.4. The molecule has 3 aromatic carbocycles. The van der Waals surface area contributed by atoms with Crippen molar-refractivity contribution in [2.24, 2.45) is 0 Å². The maximum atomic E-state index is 13.9. The number of ether oxygens (including phenoxy) is 1. The molecule has 0 radical (unpaired) electrons. The first-order valence-electron chi connectivity index (χ1n) is 12.0. The Kier molecular flexibility index (Phi) is 7.60. The number of hydrogen-bond donors (Lipinski definition) is 0. The molecule has 0 N–H and O–H groups in total. The van der Waals surface area contributed by atoms with Gasteiger partial charge in [-0.3, -0.25) is 4.52 Å². The van der Waals surface area contributed by atoms with E-state index in [1.54, 1.807) is 0 Å². The fourth-order valence-electron chi connectivity index (χ4n) is 4.34. The van der Waals surface area contributed by atoms with Crippen LogP contribution < -0.4 is 9.26 Å². The van der Waals surface area contributed by atoms with Crippen LogP contribution in [-0.2, 0) is 21.7 Å². The van der Waals surface area contributed by atoms with Gasteiger partial charge in [0.1, 0.15) is 17.3 Å². The summed E-state index contributed by atoms with van der Waals surface area (Å²) in [4.78, 5) is 0. The molecule has 3 aromatic rings. The fourth-order valence-corrected chi connectivity index (χ4v) is 6.04. The highest BCUT2D eigenvalue weighted by Gasteiger charge is 2.31. The quantitative estimate of drug-likeness (QED) is 0.217. The molecule has 178 valence electrons. The van der Waals surface area contributed by atoms with Crippen LogP contribution in [0.15, 0.2) is 67.2 Å². The van der Waals surface area contributed by atoms with Crippen LogP contribution in [0, 0.1) is 6.92 Å². The van der Waals surface area contributed by atoms with E-state index in [9.17, 15) is 4.57 Å². The molecule has 0 aromatic heterocycles. The Morgan fingerprint density at radius 1 is 0.941 bits per heavy atom. The van der Waals surface area contributed by atoms with Gasteiger partial charge in [0.15, 0.2) is 0 Å². The summed E-state index contributed by atoms with van der Waals surface area (Å²) in [5.41, 5.74) is 5.81. The van der Waals surface area contributed by atoms with E-state index in [2.05, 4.69) is 32.6 Å². The molecule has 1 aliphatic rings. The van der Waals surface area contributed by atoms with Crippen molar-refractivity contribution in [1.29, 1.82) is 0 Å². The van der Waals surface area contributed by atoms with Gasteiger partial charge in [-0.25, -0.2) is 4.57 Å². The van der Waals surface area contributed by atoms with Gasteiger partial charge in [-0.05, 0) is 49.9 Å². The molecule has 0 bridgehead atoms. The van der Waals surface area contributed by atoms with E-state index in [1.807, 2.05) is 55.5 Å². The van der Waals surface area contributed by atoms with Gasteiger partial charge in [0.05, 0.1) is 18.3 Å². The van der Waals surface area contributed by atoms with Gasteiger partial charge in [0.2, 0.25) is 0 Å². The molecular formula is C29H33O4P. The average molecular weight is 477 g/mol. The van der Waals surface area contributed by atoms with Crippen LogP contribution in [0.5, 0.6) is 11.5 Å². The predicted octanol–water partition coefficient (Wildman–Crippen LogP) is 8.57. The van der Waals surface area contributed by atoms with Crippen LogP contribution in [0.25, 0.3) is 16.9 Å². The van der Waals surface area contributed by atoms with E-state index < -0.39 is 7.60 Å². The first kappa shape index (κ1) is 24.3. The molecule has 1 aliphatic heterocycles. The summed E-state index contributed by atoms with van der Waals surface area (Å²) >= 11 is 0. The molecular weight excluding hydrogens is 443 g/mol. The smallest absolute Gasteiger partial charge is 0.383 e. The van der Waals surface area contributed by atoms with Crippen LogP contribution >= 0.6 is 7.60 Å². The Morgan fingerprint density at radius 3 is 2.47 bits per heavy atom. The summed E-state index contributed by atoms with van der Waals surface area (Å²) in [6, 6.07) is 19.9. The average Bonchev–Trinajstić information content (AvgIpc) is 2.79. The second-order valence-electron chi connectivity index (χ2n) is 8.76. The van der Waals surface area contributed by atoms with Gasteiger partial charge < -0.3 is 9.26 Å². The highest BCUT2D eigenvalue weighted by atomic mass is 31.2. The highest BCUT2D eigenvalue weighted by molar-refractivity contribution is 7.53. The molecule has 0 saturated heterocycles. The second-order valence-corrected chi connectivity index (χ2v) is 10.7. The van der Waals surface area contributed by atoms with Crippen LogP contribution in [-0.4, -0.2) is 6.61 Å². The Labute approximate surface area is 203 Å². The van der Waals surface area contributed by atoms with Gasteiger partial charge in [-0.15, -0.1) is 0 Å². The highest BCUT2D eigenvalue weighted by Crippen LogP contribution is 2.56. The van der Waals surface area contributed by atoms with Crippen molar-refractivity contribution < 1.29 is 18.3 Å². The maximum Gasteiger partial charge on any atom is 0.383 e. The lowest BCUT2D eigenvalue weighted by molar-refractivity contribution is 0.278. The van der Waals surface area contributed by atoms with Crippen LogP contribution in [0.2, 0.25) is 0 Å². The largest absolute Gasteiger partial charge is 0.457 e. The van der Waals surface area contributed by atoms with E-state index in [4.69, 9.17) is 13.8 Å². The molecule has 5 heteroatoms. The van der Waals surface area contributed by atoms with Crippen molar-refractivity contribution in [3.05, 3.63) is 89.5 Å². The molecule has 0 fully saturated rings. The third-order valence-corrected chi connectivity index (χ3v) is 7.83. The number of hydrogen-bond acceptors (Lipinski definition) is 4. The summed E-state index contributed by atoms with van der Waals surface area (Å²) < 4.78 is 32.2. The summed E-state index contributed by atoms with van der Waals surface area (Å²) in [7, 11) is -3.48. The lowest BCUT2D eigenvalue weighted by Gasteiger charge is -2.27. The van der Waals surface area contributed by atoms with Crippen molar-refractivity contribution in [3.8, 4) is 22.6 Å². The van der Waals surface area contributed by atoms with E-state index >= 15 is 0 Å². The van der Waals surface area contributed by atoms with Gasteiger partial charge in [0, 0.05) is 11.1 Å². The summed E-state index contributed by atoms with van der Waals surface area (Å²) in [5, 5.41) is 0. The zero-order valence-corrected chi connectivity index (χ0v) is 21.2. The van der Waals surface area contributed by atoms with Crippen LogP contribution in [0.1, 0.15) is 55.4 Å². The molecule has 1 atom stereocenters. The zero-order chi connectivity index (χ0) is 24.1. The molecule has 1 unspecified atom stereocenters. The summed E-state index contributed by atoms with van der Waals surface area (Å²) in [6.45, 7) is 10.5. The van der Waals surface area contributed by atoms with Crippen molar-refractivity contribution >= 4 is 13.4 Å². The Hall–Kier alpha value is -2.81. The standard InChI is InChI=1S/C29H33O4P/c1-5-7-9-14-24-18-27-29(26-17-21(3)15-16-25(26)22(4)32-27)28(19-24)33-34(30,31-6-2)20-23-12-10-8-11-13-23/h8,10-13,15-19H,4-7,9,14,20H2,1-3H3. The van der Waals surface area contributed by atoms with E-state index in [0.717, 1.165) is 59.1 Å². The molecule has 0 spiro atoms. The summed E-state index contributed by atoms with van der Waals surface area (Å²) in [6.07, 6.45) is 4.45. The van der Waals surface area contributed by atoms with E-state index in [-0.39, 0.29) is 6.16 Å². The monoisotopic (exact) mass is 476 g/mol. The lowest BCUT2D eigenvalue weighted by atomic mass is 9.91. The number of unbranched alkanes of at least 4 members (excludes halogenated alkanes) is 2. The number of fused-ring (bicyclic) bond motifs is 3. The Bertz CT molecular complexity index is 1220. The Morgan fingerprint density at radius 2 is 1.74 bits per heavy atom. The SMILES string of the molecule is C=C1Oc2cc(CCCCC)cc(OP(=O)(Cc3ccccc3)OCC)c2-c2cc(C)ccc21. The molecule has 1 heterocycles. The van der Waals surface area contributed by atoms with E-state index in [0.29, 0.717) is 23.9 Å². The molecule has 4 rings (SSSR count). The third kappa shape index (κ3) is 5.46. The molecule has 0 aliphatic carbocycles. The maximum absolute atomic E-state index is 13.9. The van der Waals surface area contributed by atoms with Gasteiger partial charge in [0.25, 0.3) is 0 Å². The minimum absolute atomic E-state index is 0.199. The predicted molar refractivity (Wildman–Crippen MR) is 140 cm³/mol. The minimum atomic E-state index is -3.48. The lowest BCUT2D eigenvalue weighted by Crippen LogP contribution is -2.08. The van der Waals surface area contributed by atoms with Gasteiger partial charge in [-0.1, -0.05) is 80.4 Å².